The van der Waals surface area contributed by atoms with Crippen molar-refractivity contribution in [2.75, 3.05) is 6.54 Å². The van der Waals surface area contributed by atoms with Crippen LogP contribution in [0.2, 0.25) is 0 Å². The molecule has 3 nitrogen and oxygen atoms in total. The van der Waals surface area contributed by atoms with Crippen molar-refractivity contribution < 1.29 is 14.0 Å². The van der Waals surface area contributed by atoms with Crippen LogP contribution < -0.4 is 5.32 Å². The molecular weight excluding hydrogens is 257 g/mol. The van der Waals surface area contributed by atoms with Crippen molar-refractivity contribution in [2.45, 2.75) is 45.4 Å². The highest BCUT2D eigenvalue weighted by molar-refractivity contribution is 5.97. The van der Waals surface area contributed by atoms with Crippen LogP contribution in [0.25, 0.3) is 0 Å². The van der Waals surface area contributed by atoms with E-state index in [1.165, 1.54) is 37.1 Å². The van der Waals surface area contributed by atoms with Gasteiger partial charge in [0, 0.05) is 24.9 Å². The molecule has 0 fully saturated rings. The van der Waals surface area contributed by atoms with Gasteiger partial charge >= 0.3 is 0 Å². The number of carbonyl (C=O) groups is 2. The summed E-state index contributed by atoms with van der Waals surface area (Å²) in [5.74, 6) is -0.602. The van der Waals surface area contributed by atoms with Gasteiger partial charge in [0.1, 0.15) is 5.82 Å². The first-order chi connectivity index (χ1) is 9.63. The number of halogens is 1. The molecule has 0 bridgehead atoms. The largest absolute Gasteiger partial charge is 0.356 e. The van der Waals surface area contributed by atoms with E-state index in [-0.39, 0.29) is 30.3 Å². The molecule has 0 heterocycles. The van der Waals surface area contributed by atoms with Crippen LogP contribution in [-0.2, 0) is 4.79 Å². The summed E-state index contributed by atoms with van der Waals surface area (Å²) in [6.07, 6.45) is 4.78. The molecule has 0 spiro atoms. The van der Waals surface area contributed by atoms with Gasteiger partial charge in [-0.1, -0.05) is 26.2 Å². The number of ketones is 1. The summed E-state index contributed by atoms with van der Waals surface area (Å²) < 4.78 is 12.7. The molecule has 0 atom stereocenters. The van der Waals surface area contributed by atoms with Gasteiger partial charge in [0.25, 0.3) is 0 Å². The fourth-order valence-corrected chi connectivity index (χ4v) is 1.88. The molecule has 0 aliphatic carbocycles. The van der Waals surface area contributed by atoms with E-state index in [9.17, 15) is 14.0 Å². The van der Waals surface area contributed by atoms with Crippen molar-refractivity contribution in [3.8, 4) is 0 Å². The standard InChI is InChI=1S/C16H22FNO2/c1-2-3-4-5-12-18-16(20)11-10-15(19)13-6-8-14(17)9-7-13/h6-9H,2-5,10-12H2,1H3,(H,18,20). The summed E-state index contributed by atoms with van der Waals surface area (Å²) in [6, 6.07) is 5.39. The van der Waals surface area contributed by atoms with Crippen LogP contribution in [0.1, 0.15) is 55.8 Å². The van der Waals surface area contributed by atoms with Crippen LogP contribution in [-0.4, -0.2) is 18.2 Å². The number of hydrogen-bond acceptors (Lipinski definition) is 2. The molecular formula is C16H22FNO2. The van der Waals surface area contributed by atoms with Crippen molar-refractivity contribution in [1.82, 2.24) is 5.32 Å². The normalized spacial score (nSPS) is 10.3. The molecule has 0 radical (unpaired) electrons. The summed E-state index contributed by atoms with van der Waals surface area (Å²) in [7, 11) is 0. The molecule has 1 amide bonds. The van der Waals surface area contributed by atoms with Crippen LogP contribution >= 0.6 is 0 Å². The van der Waals surface area contributed by atoms with Gasteiger partial charge in [-0.05, 0) is 30.7 Å². The Morgan fingerprint density at radius 3 is 2.40 bits per heavy atom. The Hall–Kier alpha value is -1.71. The highest BCUT2D eigenvalue weighted by Crippen LogP contribution is 2.07. The minimum atomic E-state index is -0.369. The minimum Gasteiger partial charge on any atom is -0.356 e. The second-order valence-electron chi connectivity index (χ2n) is 4.84. The number of nitrogens with one attached hydrogen (secondary N) is 1. The van der Waals surface area contributed by atoms with E-state index in [1.54, 1.807) is 0 Å². The van der Waals surface area contributed by atoms with Gasteiger partial charge in [0.05, 0.1) is 0 Å². The summed E-state index contributed by atoms with van der Waals surface area (Å²) in [5.41, 5.74) is 0.446. The fraction of sp³-hybridized carbons (Fsp3) is 0.500. The Bertz CT molecular complexity index is 429. The molecule has 0 aliphatic rings. The lowest BCUT2D eigenvalue weighted by Gasteiger charge is -2.05. The van der Waals surface area contributed by atoms with E-state index in [0.717, 1.165) is 12.8 Å². The first kappa shape index (κ1) is 16.3. The van der Waals surface area contributed by atoms with E-state index < -0.39 is 0 Å². The molecule has 110 valence electrons. The van der Waals surface area contributed by atoms with Crippen LogP contribution in [0, 0.1) is 5.82 Å². The van der Waals surface area contributed by atoms with Crippen molar-refractivity contribution in [2.24, 2.45) is 0 Å². The van der Waals surface area contributed by atoms with Crippen LogP contribution in [0.15, 0.2) is 24.3 Å². The third kappa shape index (κ3) is 6.45. The van der Waals surface area contributed by atoms with Gasteiger partial charge < -0.3 is 5.32 Å². The van der Waals surface area contributed by atoms with Gasteiger partial charge in [0.15, 0.2) is 5.78 Å². The van der Waals surface area contributed by atoms with Gasteiger partial charge in [0.2, 0.25) is 5.91 Å². The van der Waals surface area contributed by atoms with E-state index in [0.29, 0.717) is 12.1 Å². The Morgan fingerprint density at radius 2 is 1.75 bits per heavy atom. The number of carbonyl (C=O) groups excluding carboxylic acids is 2. The summed E-state index contributed by atoms with van der Waals surface area (Å²) in [5, 5.41) is 2.81. The number of hydrogen-bond donors (Lipinski definition) is 1. The molecule has 4 heteroatoms. The maximum absolute atomic E-state index is 12.7. The van der Waals surface area contributed by atoms with Crippen LogP contribution in [0.5, 0.6) is 0 Å². The lowest BCUT2D eigenvalue weighted by atomic mass is 10.1. The lowest BCUT2D eigenvalue weighted by molar-refractivity contribution is -0.121. The predicted molar refractivity (Wildman–Crippen MR) is 77.1 cm³/mol. The highest BCUT2D eigenvalue weighted by atomic mass is 19.1. The Labute approximate surface area is 119 Å². The van der Waals surface area contributed by atoms with Gasteiger partial charge in [-0.3, -0.25) is 9.59 Å². The third-order valence-corrected chi connectivity index (χ3v) is 3.10. The highest BCUT2D eigenvalue weighted by Gasteiger charge is 2.09. The molecule has 0 saturated heterocycles. The molecule has 1 aromatic rings. The predicted octanol–water partition coefficient (Wildman–Crippen LogP) is 3.49. The number of benzene rings is 1. The molecule has 1 aromatic carbocycles. The van der Waals surface area contributed by atoms with Gasteiger partial charge in [-0.15, -0.1) is 0 Å². The zero-order valence-corrected chi connectivity index (χ0v) is 12.0. The smallest absolute Gasteiger partial charge is 0.220 e. The topological polar surface area (TPSA) is 46.2 Å². The average molecular weight is 279 g/mol. The van der Waals surface area contributed by atoms with E-state index in [1.807, 2.05) is 0 Å². The Kier molecular flexibility index (Phi) is 7.55. The van der Waals surface area contributed by atoms with Crippen LogP contribution in [0.4, 0.5) is 4.39 Å². The first-order valence-electron chi connectivity index (χ1n) is 7.19. The van der Waals surface area contributed by atoms with Crippen LogP contribution in [0.3, 0.4) is 0 Å². The first-order valence-corrected chi connectivity index (χ1v) is 7.19. The monoisotopic (exact) mass is 279 g/mol. The second kappa shape index (κ2) is 9.23. The molecule has 1 N–H and O–H groups in total. The maximum Gasteiger partial charge on any atom is 0.220 e. The molecule has 0 aliphatic heterocycles. The quantitative estimate of drug-likeness (QED) is 0.555. The van der Waals surface area contributed by atoms with Gasteiger partial charge in [-0.25, -0.2) is 4.39 Å². The number of rotatable bonds is 9. The molecule has 20 heavy (non-hydrogen) atoms. The Balaban J connectivity index is 2.20. The maximum atomic E-state index is 12.7. The van der Waals surface area contributed by atoms with E-state index >= 15 is 0 Å². The Morgan fingerprint density at radius 1 is 1.05 bits per heavy atom. The number of unbranched alkanes of at least 4 members (excludes halogenated alkanes) is 3. The zero-order valence-electron chi connectivity index (χ0n) is 12.0. The summed E-state index contributed by atoms with van der Waals surface area (Å²) in [4.78, 5) is 23.3. The molecule has 0 saturated carbocycles. The van der Waals surface area contributed by atoms with Crippen molar-refractivity contribution >= 4 is 11.7 Å². The molecule has 1 rings (SSSR count). The fourth-order valence-electron chi connectivity index (χ4n) is 1.88. The third-order valence-electron chi connectivity index (χ3n) is 3.10. The molecule has 0 unspecified atom stereocenters. The minimum absolute atomic E-state index is 0.100. The van der Waals surface area contributed by atoms with E-state index in [4.69, 9.17) is 0 Å². The molecule has 0 aromatic heterocycles. The number of Topliss-reactive ketones (excluding diaryl/α,β-unsaturated/α-hetero) is 1. The van der Waals surface area contributed by atoms with Crippen molar-refractivity contribution in [1.29, 1.82) is 0 Å². The number of amides is 1. The summed E-state index contributed by atoms with van der Waals surface area (Å²) >= 11 is 0. The van der Waals surface area contributed by atoms with Gasteiger partial charge in [-0.2, -0.15) is 0 Å². The average Bonchev–Trinajstić information content (AvgIpc) is 2.45. The summed E-state index contributed by atoms with van der Waals surface area (Å²) in [6.45, 7) is 2.81. The van der Waals surface area contributed by atoms with Crippen molar-refractivity contribution in [3.63, 3.8) is 0 Å². The zero-order chi connectivity index (χ0) is 14.8. The van der Waals surface area contributed by atoms with E-state index in [2.05, 4.69) is 12.2 Å². The lowest BCUT2D eigenvalue weighted by Crippen LogP contribution is -2.24. The SMILES string of the molecule is CCCCCCNC(=O)CCC(=O)c1ccc(F)cc1. The second-order valence-corrected chi connectivity index (χ2v) is 4.84. The van der Waals surface area contributed by atoms with Crippen molar-refractivity contribution in [3.05, 3.63) is 35.6 Å².